The van der Waals surface area contributed by atoms with E-state index in [1.165, 1.54) is 22.9 Å². The van der Waals surface area contributed by atoms with E-state index in [2.05, 4.69) is 31.1 Å². The Kier molecular flexibility index (Phi) is 9.47. The average molecular weight is 587 g/mol. The molecule has 1 fully saturated rings. The Labute approximate surface area is 239 Å². The van der Waals surface area contributed by atoms with Crippen molar-refractivity contribution < 1.29 is 23.6 Å². The van der Waals surface area contributed by atoms with Gasteiger partial charge in [-0.05, 0) is 85.8 Å². The molecular formula is C26H31FN8O5S. The van der Waals surface area contributed by atoms with E-state index in [1.807, 2.05) is 0 Å². The van der Waals surface area contributed by atoms with Crippen molar-refractivity contribution >= 4 is 35.3 Å². The number of carbonyl (C=O) groups excluding carboxylic acids is 2. The Hall–Kier alpha value is -4.14. The fraction of sp³-hybridized carbons (Fsp3) is 0.462. The zero-order valence-electron chi connectivity index (χ0n) is 22.9. The molecule has 2 amide bonds. The number of anilines is 1. The van der Waals surface area contributed by atoms with Crippen LogP contribution in [0.5, 0.6) is 0 Å². The summed E-state index contributed by atoms with van der Waals surface area (Å²) in [5.74, 6) is -1.45. The number of carbonyl (C=O) groups is 2. The lowest BCUT2D eigenvalue weighted by atomic mass is 9.99. The van der Waals surface area contributed by atoms with E-state index >= 15 is 0 Å². The van der Waals surface area contributed by atoms with Gasteiger partial charge in [-0.15, -0.1) is 5.10 Å². The molecule has 41 heavy (non-hydrogen) atoms. The van der Waals surface area contributed by atoms with Gasteiger partial charge in [0.05, 0.1) is 10.5 Å². The maximum atomic E-state index is 14.9. The van der Waals surface area contributed by atoms with Crippen LogP contribution < -0.4 is 10.6 Å². The molecule has 0 atom stereocenters. The summed E-state index contributed by atoms with van der Waals surface area (Å²) >= 11 is 1.02. The number of hydrogen-bond acceptors (Lipinski definition) is 10. The van der Waals surface area contributed by atoms with E-state index < -0.39 is 28.3 Å². The van der Waals surface area contributed by atoms with E-state index in [1.54, 1.807) is 27.0 Å². The molecule has 4 rings (SSSR count). The van der Waals surface area contributed by atoms with Crippen molar-refractivity contribution in [2.45, 2.75) is 81.0 Å². The summed E-state index contributed by atoms with van der Waals surface area (Å²) in [6, 6.07) is 5.16. The zero-order valence-corrected chi connectivity index (χ0v) is 23.7. The van der Waals surface area contributed by atoms with E-state index in [4.69, 9.17) is 4.74 Å². The predicted molar refractivity (Wildman–Crippen MR) is 147 cm³/mol. The van der Waals surface area contributed by atoms with Gasteiger partial charge in [-0.1, -0.05) is 12.8 Å². The summed E-state index contributed by atoms with van der Waals surface area (Å²) in [7, 11) is 0. The molecule has 0 unspecified atom stereocenters. The van der Waals surface area contributed by atoms with Gasteiger partial charge in [0.2, 0.25) is 5.16 Å². The first-order valence-electron chi connectivity index (χ1n) is 13.2. The Morgan fingerprint density at radius 3 is 2.68 bits per heavy atom. The second-order valence-corrected chi connectivity index (χ2v) is 11.6. The zero-order chi connectivity index (χ0) is 29.6. The van der Waals surface area contributed by atoms with Crippen LogP contribution in [0.2, 0.25) is 0 Å². The lowest BCUT2D eigenvalue weighted by Gasteiger charge is -2.19. The van der Waals surface area contributed by atoms with Gasteiger partial charge in [0.1, 0.15) is 5.60 Å². The SMILES string of the molecule is CC(C)(C)OC(=O)NCCCn1nnnc1Sc1ccc([N+](=O)[O-])cc1C(=O)Nc1ncc(C2CCCC2)cc1F. The summed E-state index contributed by atoms with van der Waals surface area (Å²) in [6.07, 6.45) is 5.62. The third-order valence-corrected chi connectivity index (χ3v) is 7.31. The number of halogens is 1. The minimum Gasteiger partial charge on any atom is -0.444 e. The van der Waals surface area contributed by atoms with Crippen molar-refractivity contribution in [1.82, 2.24) is 30.5 Å². The topological polar surface area (TPSA) is 167 Å². The number of tetrazole rings is 1. The maximum absolute atomic E-state index is 14.9. The van der Waals surface area contributed by atoms with Gasteiger partial charge >= 0.3 is 6.09 Å². The number of nitrogens with zero attached hydrogens (tertiary/aromatic N) is 6. The number of non-ortho nitro benzene ring substituents is 1. The Balaban J connectivity index is 1.46. The van der Waals surface area contributed by atoms with Crippen LogP contribution in [0, 0.1) is 15.9 Å². The Morgan fingerprint density at radius 2 is 2.00 bits per heavy atom. The molecule has 15 heteroatoms. The molecule has 1 aliphatic rings. The van der Waals surface area contributed by atoms with E-state index in [-0.39, 0.29) is 23.0 Å². The molecule has 0 radical (unpaired) electrons. The van der Waals surface area contributed by atoms with Gasteiger partial charge < -0.3 is 15.4 Å². The quantitative estimate of drug-likeness (QED) is 0.185. The monoisotopic (exact) mass is 586 g/mol. The van der Waals surface area contributed by atoms with Gasteiger partial charge in [0, 0.05) is 36.3 Å². The van der Waals surface area contributed by atoms with Gasteiger partial charge in [-0.25, -0.2) is 18.9 Å². The molecule has 2 heterocycles. The van der Waals surface area contributed by atoms with Gasteiger partial charge in [-0.3, -0.25) is 14.9 Å². The molecule has 0 bridgehead atoms. The average Bonchev–Trinajstić information content (AvgIpc) is 3.59. The second-order valence-electron chi connectivity index (χ2n) is 10.5. The van der Waals surface area contributed by atoms with Gasteiger partial charge in [0.25, 0.3) is 11.6 Å². The molecule has 2 N–H and O–H groups in total. The van der Waals surface area contributed by atoms with Crippen LogP contribution in [0.25, 0.3) is 0 Å². The normalized spacial score (nSPS) is 13.7. The number of aryl methyl sites for hydroxylation is 1. The molecule has 1 aromatic carbocycles. The van der Waals surface area contributed by atoms with Crippen LogP contribution in [0.1, 0.15) is 74.7 Å². The lowest BCUT2D eigenvalue weighted by molar-refractivity contribution is -0.384. The van der Waals surface area contributed by atoms with E-state index in [9.17, 15) is 24.1 Å². The molecule has 0 saturated heterocycles. The number of amides is 2. The smallest absolute Gasteiger partial charge is 0.407 e. The van der Waals surface area contributed by atoms with Crippen molar-refractivity contribution in [3.05, 3.63) is 57.5 Å². The van der Waals surface area contributed by atoms with Crippen LogP contribution >= 0.6 is 11.8 Å². The largest absolute Gasteiger partial charge is 0.444 e. The number of hydrogen-bond donors (Lipinski definition) is 2. The number of rotatable bonds is 10. The highest BCUT2D eigenvalue weighted by molar-refractivity contribution is 7.99. The summed E-state index contributed by atoms with van der Waals surface area (Å²) < 4.78 is 21.6. The van der Waals surface area contributed by atoms with Crippen LogP contribution in [0.3, 0.4) is 0 Å². The first kappa shape index (κ1) is 29.8. The number of pyridine rings is 1. The molecule has 2 aromatic heterocycles. The fourth-order valence-electron chi connectivity index (χ4n) is 4.34. The summed E-state index contributed by atoms with van der Waals surface area (Å²) in [5.41, 5.74) is -0.194. The van der Waals surface area contributed by atoms with E-state index in [0.717, 1.165) is 49.1 Å². The number of nitro groups is 1. The number of alkyl carbamates (subject to hydrolysis) is 1. The first-order valence-corrected chi connectivity index (χ1v) is 14.0. The minimum atomic E-state index is -0.767. The number of nitrogens with one attached hydrogen (secondary N) is 2. The van der Waals surface area contributed by atoms with Crippen LogP contribution in [0.15, 0.2) is 40.5 Å². The highest BCUT2D eigenvalue weighted by Gasteiger charge is 2.23. The fourth-order valence-corrected chi connectivity index (χ4v) is 5.25. The van der Waals surface area contributed by atoms with Crippen molar-refractivity contribution in [3.63, 3.8) is 0 Å². The standard InChI is InChI=1S/C26H31FN8O5S/c1-26(2,3)40-25(37)28-11-6-12-34-24(31-32-33-34)41-21-10-9-18(35(38)39)14-19(21)23(36)30-22-20(27)13-17(15-29-22)16-7-4-5-8-16/h9-10,13-16H,4-8,11-12H2,1-3H3,(H,28,37)(H,29,30,36). The third-order valence-electron chi connectivity index (χ3n) is 6.25. The minimum absolute atomic E-state index is 0.0635. The molecule has 1 aliphatic carbocycles. The first-order chi connectivity index (χ1) is 19.5. The number of nitro benzene ring substituents is 1. The van der Waals surface area contributed by atoms with Crippen LogP contribution in [0.4, 0.5) is 20.7 Å². The molecular weight excluding hydrogens is 555 g/mol. The molecule has 13 nitrogen and oxygen atoms in total. The molecule has 0 spiro atoms. The van der Waals surface area contributed by atoms with Gasteiger partial charge in [-0.2, -0.15) is 0 Å². The molecule has 1 saturated carbocycles. The molecule has 218 valence electrons. The Morgan fingerprint density at radius 1 is 1.24 bits per heavy atom. The van der Waals surface area contributed by atoms with Gasteiger partial charge in [0.15, 0.2) is 11.6 Å². The Bertz CT molecular complexity index is 1420. The highest BCUT2D eigenvalue weighted by Crippen LogP contribution is 2.35. The predicted octanol–water partition coefficient (Wildman–Crippen LogP) is 5.09. The summed E-state index contributed by atoms with van der Waals surface area (Å²) in [6.45, 7) is 5.95. The number of aromatic nitrogens is 5. The second kappa shape index (κ2) is 13.0. The lowest BCUT2D eigenvalue weighted by Crippen LogP contribution is -2.33. The van der Waals surface area contributed by atoms with Crippen molar-refractivity contribution in [3.8, 4) is 0 Å². The number of ether oxygens (including phenoxy) is 1. The van der Waals surface area contributed by atoms with Crippen molar-refractivity contribution in [2.75, 3.05) is 11.9 Å². The maximum Gasteiger partial charge on any atom is 0.407 e. The number of benzene rings is 1. The summed E-state index contributed by atoms with van der Waals surface area (Å²) in [4.78, 5) is 40.3. The van der Waals surface area contributed by atoms with Crippen molar-refractivity contribution in [2.24, 2.45) is 0 Å². The highest BCUT2D eigenvalue weighted by atomic mass is 32.2. The third kappa shape index (κ3) is 8.19. The van der Waals surface area contributed by atoms with Crippen molar-refractivity contribution in [1.29, 1.82) is 0 Å². The van der Waals surface area contributed by atoms with Crippen LogP contribution in [-0.2, 0) is 11.3 Å². The molecule has 0 aliphatic heterocycles. The van der Waals surface area contributed by atoms with E-state index in [0.29, 0.717) is 29.6 Å². The summed E-state index contributed by atoms with van der Waals surface area (Å²) in [5, 5.41) is 28.5. The van der Waals surface area contributed by atoms with Crippen LogP contribution in [-0.4, -0.2) is 54.3 Å². The molecule has 3 aromatic rings.